The SMILES string of the molecule is CC(O)(CNCc1cnc(-c2ccccc2)s1)c1ccco1. The van der Waals surface area contributed by atoms with Gasteiger partial charge in [0.2, 0.25) is 0 Å². The van der Waals surface area contributed by atoms with E-state index in [0.717, 1.165) is 15.4 Å². The standard InChI is InChI=1S/C17H18N2O2S/c1-17(20,15-8-5-9-21-15)12-18-10-14-11-19-16(22-14)13-6-3-2-4-7-13/h2-9,11,18,20H,10,12H2,1H3. The van der Waals surface area contributed by atoms with Gasteiger partial charge >= 0.3 is 0 Å². The fourth-order valence-corrected chi connectivity index (χ4v) is 3.09. The molecule has 3 rings (SSSR count). The molecule has 0 spiro atoms. The van der Waals surface area contributed by atoms with Crippen molar-refractivity contribution < 1.29 is 9.52 Å². The summed E-state index contributed by atoms with van der Waals surface area (Å²) in [5.74, 6) is 0.564. The molecule has 0 aliphatic heterocycles. The lowest BCUT2D eigenvalue weighted by Crippen LogP contribution is -2.34. The molecule has 1 atom stereocenters. The zero-order chi connectivity index (χ0) is 15.4. The molecule has 0 saturated carbocycles. The van der Waals surface area contributed by atoms with Crippen LogP contribution in [0.5, 0.6) is 0 Å². The van der Waals surface area contributed by atoms with Crippen molar-refractivity contribution >= 4 is 11.3 Å². The lowest BCUT2D eigenvalue weighted by molar-refractivity contribution is 0.0341. The Morgan fingerprint density at radius 1 is 1.23 bits per heavy atom. The van der Waals surface area contributed by atoms with Gasteiger partial charge < -0.3 is 14.8 Å². The first-order valence-electron chi connectivity index (χ1n) is 7.12. The quantitative estimate of drug-likeness (QED) is 0.732. The summed E-state index contributed by atoms with van der Waals surface area (Å²) >= 11 is 1.66. The number of aliphatic hydroxyl groups is 1. The van der Waals surface area contributed by atoms with E-state index >= 15 is 0 Å². The van der Waals surface area contributed by atoms with Crippen LogP contribution in [0.15, 0.2) is 59.3 Å². The smallest absolute Gasteiger partial charge is 0.136 e. The highest BCUT2D eigenvalue weighted by Crippen LogP contribution is 2.25. The van der Waals surface area contributed by atoms with E-state index in [-0.39, 0.29) is 0 Å². The number of benzene rings is 1. The van der Waals surface area contributed by atoms with E-state index < -0.39 is 5.60 Å². The second-order valence-electron chi connectivity index (χ2n) is 5.35. The van der Waals surface area contributed by atoms with E-state index in [1.807, 2.05) is 24.4 Å². The highest BCUT2D eigenvalue weighted by molar-refractivity contribution is 7.15. The van der Waals surface area contributed by atoms with Gasteiger partial charge in [-0.05, 0) is 19.1 Å². The van der Waals surface area contributed by atoms with Crippen molar-refractivity contribution in [2.75, 3.05) is 6.54 Å². The fraction of sp³-hybridized carbons (Fsp3) is 0.235. The van der Waals surface area contributed by atoms with Crippen LogP contribution in [0.2, 0.25) is 0 Å². The van der Waals surface area contributed by atoms with E-state index in [9.17, 15) is 5.11 Å². The number of nitrogens with zero attached hydrogens (tertiary/aromatic N) is 1. The van der Waals surface area contributed by atoms with Gasteiger partial charge in [0.1, 0.15) is 16.4 Å². The lowest BCUT2D eigenvalue weighted by Gasteiger charge is -2.20. The predicted molar refractivity (Wildman–Crippen MR) is 87.5 cm³/mol. The number of thiazole rings is 1. The van der Waals surface area contributed by atoms with Crippen LogP contribution in [0.1, 0.15) is 17.6 Å². The van der Waals surface area contributed by atoms with Crippen LogP contribution in [0, 0.1) is 0 Å². The number of hydrogen-bond acceptors (Lipinski definition) is 5. The van der Waals surface area contributed by atoms with Crippen molar-refractivity contribution in [2.45, 2.75) is 19.1 Å². The third-order valence-corrected chi connectivity index (χ3v) is 4.44. The topological polar surface area (TPSA) is 58.3 Å². The maximum atomic E-state index is 10.4. The zero-order valence-electron chi connectivity index (χ0n) is 12.3. The highest BCUT2D eigenvalue weighted by Gasteiger charge is 2.25. The van der Waals surface area contributed by atoms with Crippen molar-refractivity contribution in [3.05, 3.63) is 65.6 Å². The van der Waals surface area contributed by atoms with Crippen LogP contribution < -0.4 is 5.32 Å². The molecule has 3 aromatic rings. The van der Waals surface area contributed by atoms with Crippen molar-refractivity contribution in [2.24, 2.45) is 0 Å². The van der Waals surface area contributed by atoms with Gasteiger partial charge in [0.25, 0.3) is 0 Å². The van der Waals surface area contributed by atoms with Gasteiger partial charge in [0.05, 0.1) is 6.26 Å². The maximum Gasteiger partial charge on any atom is 0.136 e. The molecule has 0 aliphatic rings. The first-order chi connectivity index (χ1) is 10.6. The Morgan fingerprint density at radius 2 is 2.05 bits per heavy atom. The monoisotopic (exact) mass is 314 g/mol. The molecular formula is C17H18N2O2S. The van der Waals surface area contributed by atoms with Gasteiger partial charge in [-0.15, -0.1) is 11.3 Å². The van der Waals surface area contributed by atoms with Crippen molar-refractivity contribution in [1.82, 2.24) is 10.3 Å². The van der Waals surface area contributed by atoms with Crippen molar-refractivity contribution in [1.29, 1.82) is 0 Å². The number of hydrogen-bond donors (Lipinski definition) is 2. The van der Waals surface area contributed by atoms with Gasteiger partial charge in [-0.2, -0.15) is 0 Å². The van der Waals surface area contributed by atoms with Crippen molar-refractivity contribution in [3.8, 4) is 10.6 Å². The predicted octanol–water partition coefficient (Wildman–Crippen LogP) is 3.40. The third kappa shape index (κ3) is 3.44. The Hall–Kier alpha value is -1.95. The van der Waals surface area contributed by atoms with Gasteiger partial charge in [-0.25, -0.2) is 4.98 Å². The highest BCUT2D eigenvalue weighted by atomic mass is 32.1. The number of nitrogens with one attached hydrogen (secondary N) is 1. The molecule has 2 N–H and O–H groups in total. The minimum atomic E-state index is -1.02. The van der Waals surface area contributed by atoms with E-state index in [2.05, 4.69) is 22.4 Å². The van der Waals surface area contributed by atoms with E-state index in [1.165, 1.54) is 0 Å². The minimum absolute atomic E-state index is 0.416. The number of rotatable bonds is 6. The second-order valence-corrected chi connectivity index (χ2v) is 6.47. The van der Waals surface area contributed by atoms with Gasteiger partial charge in [-0.3, -0.25) is 0 Å². The van der Waals surface area contributed by atoms with Crippen LogP contribution in [0.3, 0.4) is 0 Å². The summed E-state index contributed by atoms with van der Waals surface area (Å²) in [6, 6.07) is 13.7. The summed E-state index contributed by atoms with van der Waals surface area (Å²) in [4.78, 5) is 5.58. The first-order valence-corrected chi connectivity index (χ1v) is 7.94. The van der Waals surface area contributed by atoms with E-state index in [0.29, 0.717) is 18.8 Å². The molecular weight excluding hydrogens is 296 g/mol. The molecule has 4 nitrogen and oxygen atoms in total. The summed E-state index contributed by atoms with van der Waals surface area (Å²) in [5, 5.41) is 14.6. The number of furan rings is 1. The lowest BCUT2D eigenvalue weighted by atomic mass is 10.0. The van der Waals surface area contributed by atoms with Gasteiger partial charge in [0.15, 0.2) is 0 Å². The molecule has 1 aromatic carbocycles. The molecule has 0 amide bonds. The van der Waals surface area contributed by atoms with Crippen LogP contribution in [-0.4, -0.2) is 16.6 Å². The molecule has 0 aliphatic carbocycles. The van der Waals surface area contributed by atoms with Crippen LogP contribution in [-0.2, 0) is 12.1 Å². The second kappa shape index (κ2) is 6.44. The summed E-state index contributed by atoms with van der Waals surface area (Å²) in [6.07, 6.45) is 3.45. The molecule has 0 fully saturated rings. The fourth-order valence-electron chi connectivity index (χ4n) is 2.20. The molecule has 1 unspecified atom stereocenters. The van der Waals surface area contributed by atoms with Gasteiger partial charge in [-0.1, -0.05) is 30.3 Å². The molecule has 0 bridgehead atoms. The average molecular weight is 314 g/mol. The normalized spacial score (nSPS) is 13.9. The largest absolute Gasteiger partial charge is 0.466 e. The Bertz CT molecular complexity index is 705. The summed E-state index contributed by atoms with van der Waals surface area (Å²) < 4.78 is 5.26. The summed E-state index contributed by atoms with van der Waals surface area (Å²) in [7, 11) is 0. The van der Waals surface area contributed by atoms with Crippen molar-refractivity contribution in [3.63, 3.8) is 0 Å². The summed E-state index contributed by atoms with van der Waals surface area (Å²) in [6.45, 7) is 2.82. The third-order valence-electron chi connectivity index (χ3n) is 3.39. The molecule has 0 radical (unpaired) electrons. The summed E-state index contributed by atoms with van der Waals surface area (Å²) in [5.41, 5.74) is 0.109. The van der Waals surface area contributed by atoms with E-state index in [1.54, 1.807) is 36.7 Å². The molecule has 0 saturated heterocycles. The molecule has 114 valence electrons. The van der Waals surface area contributed by atoms with Gasteiger partial charge in [0, 0.05) is 29.7 Å². The molecule has 5 heteroatoms. The average Bonchev–Trinajstić information content (AvgIpc) is 3.20. The number of aromatic nitrogens is 1. The van der Waals surface area contributed by atoms with E-state index in [4.69, 9.17) is 4.42 Å². The first kappa shape index (κ1) is 15.0. The Labute approximate surface area is 133 Å². The molecule has 2 heterocycles. The molecule has 22 heavy (non-hydrogen) atoms. The van der Waals surface area contributed by atoms with Crippen LogP contribution in [0.4, 0.5) is 0 Å². The minimum Gasteiger partial charge on any atom is -0.466 e. The Kier molecular flexibility index (Phi) is 4.38. The Morgan fingerprint density at radius 3 is 2.77 bits per heavy atom. The molecule has 2 aromatic heterocycles. The van der Waals surface area contributed by atoms with Crippen LogP contribution >= 0.6 is 11.3 Å². The zero-order valence-corrected chi connectivity index (χ0v) is 13.1. The maximum absolute atomic E-state index is 10.4. The Balaban J connectivity index is 1.58. The van der Waals surface area contributed by atoms with Crippen LogP contribution in [0.25, 0.3) is 10.6 Å².